The molecule has 1 aliphatic rings. The van der Waals surface area contributed by atoms with E-state index in [0.717, 1.165) is 29.7 Å². The summed E-state index contributed by atoms with van der Waals surface area (Å²) in [6, 6.07) is 3.61. The number of fused-ring (bicyclic) bond motifs is 1. The van der Waals surface area contributed by atoms with Gasteiger partial charge in [-0.25, -0.2) is 0 Å². The Balaban J connectivity index is 2.41. The fraction of sp³-hybridized carbons (Fsp3) is 0.455. The third-order valence-corrected chi connectivity index (χ3v) is 2.62. The first-order valence-electron chi connectivity index (χ1n) is 4.96. The maximum atomic E-state index is 9.75. The van der Waals surface area contributed by atoms with Crippen LogP contribution in [0.4, 0.5) is 0 Å². The number of aromatic hydroxyl groups is 1. The van der Waals surface area contributed by atoms with Gasteiger partial charge in [-0.2, -0.15) is 0 Å². The summed E-state index contributed by atoms with van der Waals surface area (Å²) in [4.78, 5) is 0. The van der Waals surface area contributed by atoms with Crippen LogP contribution in [-0.2, 0) is 6.42 Å². The maximum Gasteiger partial charge on any atom is 0.124 e. The van der Waals surface area contributed by atoms with Crippen molar-refractivity contribution in [1.82, 2.24) is 0 Å². The molecule has 0 amide bonds. The molecule has 1 aliphatic carbocycles. The minimum Gasteiger partial charge on any atom is -0.507 e. The molecule has 1 atom stereocenters. The van der Waals surface area contributed by atoms with Gasteiger partial charge in [0.25, 0.3) is 0 Å². The Labute approximate surface area is 83.5 Å². The van der Waals surface area contributed by atoms with Gasteiger partial charge >= 0.3 is 0 Å². The van der Waals surface area contributed by atoms with Crippen molar-refractivity contribution in [3.8, 4) is 11.5 Å². The largest absolute Gasteiger partial charge is 0.507 e. The third kappa shape index (κ3) is 1.44. The van der Waals surface area contributed by atoms with Gasteiger partial charge in [-0.05, 0) is 31.4 Å². The third-order valence-electron chi connectivity index (χ3n) is 2.62. The Bertz CT molecular complexity index is 349. The molecule has 76 valence electrons. The van der Waals surface area contributed by atoms with Crippen molar-refractivity contribution in [3.05, 3.63) is 23.3 Å². The lowest BCUT2D eigenvalue weighted by Gasteiger charge is -2.10. The second-order valence-corrected chi connectivity index (χ2v) is 3.59. The lowest BCUT2D eigenvalue weighted by Crippen LogP contribution is -2.05. The molecule has 0 aliphatic heterocycles. The van der Waals surface area contributed by atoms with Crippen molar-refractivity contribution in [2.75, 3.05) is 6.61 Å². The molecule has 0 saturated carbocycles. The summed E-state index contributed by atoms with van der Waals surface area (Å²) < 4.78 is 5.35. The zero-order valence-electron chi connectivity index (χ0n) is 8.29. The van der Waals surface area contributed by atoms with E-state index in [0.29, 0.717) is 6.61 Å². The van der Waals surface area contributed by atoms with E-state index in [1.54, 1.807) is 6.07 Å². The summed E-state index contributed by atoms with van der Waals surface area (Å²) >= 11 is 0. The molecule has 0 fully saturated rings. The molecule has 3 nitrogen and oxygen atoms in total. The number of phenols is 1. The van der Waals surface area contributed by atoms with Gasteiger partial charge in [-0.15, -0.1) is 0 Å². The van der Waals surface area contributed by atoms with Crippen LogP contribution >= 0.6 is 0 Å². The molecule has 1 aromatic carbocycles. The van der Waals surface area contributed by atoms with Crippen LogP contribution in [-0.4, -0.2) is 11.7 Å². The molecule has 0 spiro atoms. The van der Waals surface area contributed by atoms with Crippen LogP contribution < -0.4 is 10.5 Å². The second kappa shape index (κ2) is 3.50. The minimum atomic E-state index is -0.0133. The van der Waals surface area contributed by atoms with Crippen molar-refractivity contribution in [2.24, 2.45) is 5.73 Å². The van der Waals surface area contributed by atoms with Crippen molar-refractivity contribution in [3.63, 3.8) is 0 Å². The zero-order chi connectivity index (χ0) is 10.1. The van der Waals surface area contributed by atoms with Gasteiger partial charge in [-0.1, -0.05) is 0 Å². The summed E-state index contributed by atoms with van der Waals surface area (Å²) in [5.74, 6) is 1.01. The van der Waals surface area contributed by atoms with E-state index in [1.807, 2.05) is 13.0 Å². The van der Waals surface area contributed by atoms with Crippen molar-refractivity contribution < 1.29 is 9.84 Å². The first kappa shape index (κ1) is 9.34. The highest BCUT2D eigenvalue weighted by atomic mass is 16.5. The summed E-state index contributed by atoms with van der Waals surface area (Å²) in [5, 5.41) is 9.75. The fourth-order valence-electron chi connectivity index (χ4n) is 2.01. The molecule has 0 heterocycles. The Kier molecular flexibility index (Phi) is 2.33. The Morgan fingerprint density at radius 3 is 3.07 bits per heavy atom. The van der Waals surface area contributed by atoms with E-state index in [9.17, 15) is 5.11 Å². The number of rotatable bonds is 2. The van der Waals surface area contributed by atoms with Gasteiger partial charge in [0, 0.05) is 17.7 Å². The van der Waals surface area contributed by atoms with Crippen molar-refractivity contribution >= 4 is 0 Å². The standard InChI is InChI=1S/C11H15NO2/c1-2-14-8-5-7-3-4-9(12)11(7)10(13)6-8/h5-6,9,13H,2-4,12H2,1H3/t9-/m1/s1. The molecule has 3 heteroatoms. The van der Waals surface area contributed by atoms with E-state index < -0.39 is 0 Å². The predicted octanol–water partition coefficient (Wildman–Crippen LogP) is 1.74. The topological polar surface area (TPSA) is 55.5 Å². The normalized spacial score (nSPS) is 19.4. The average molecular weight is 193 g/mol. The Morgan fingerprint density at radius 1 is 1.57 bits per heavy atom. The first-order chi connectivity index (χ1) is 6.72. The molecule has 0 saturated heterocycles. The van der Waals surface area contributed by atoms with Crippen molar-refractivity contribution in [2.45, 2.75) is 25.8 Å². The second-order valence-electron chi connectivity index (χ2n) is 3.59. The van der Waals surface area contributed by atoms with Crippen LogP contribution in [0.25, 0.3) is 0 Å². The van der Waals surface area contributed by atoms with Crippen LogP contribution in [0.2, 0.25) is 0 Å². The number of ether oxygens (including phenoxy) is 1. The minimum absolute atomic E-state index is 0.0133. The average Bonchev–Trinajstić information content (AvgIpc) is 2.48. The zero-order valence-corrected chi connectivity index (χ0v) is 8.29. The highest BCUT2D eigenvalue weighted by Crippen LogP contribution is 2.38. The van der Waals surface area contributed by atoms with Crippen LogP contribution in [0.1, 0.15) is 30.5 Å². The number of nitrogens with two attached hydrogens (primary N) is 1. The number of aryl methyl sites for hydroxylation is 1. The molecular weight excluding hydrogens is 178 g/mol. The lowest BCUT2D eigenvalue weighted by atomic mass is 10.1. The molecule has 0 aromatic heterocycles. The van der Waals surface area contributed by atoms with E-state index in [-0.39, 0.29) is 11.8 Å². The summed E-state index contributed by atoms with van der Waals surface area (Å²) in [7, 11) is 0. The van der Waals surface area contributed by atoms with Gasteiger partial charge < -0.3 is 15.6 Å². The molecule has 0 unspecified atom stereocenters. The summed E-state index contributed by atoms with van der Waals surface area (Å²) in [5.41, 5.74) is 7.89. The quantitative estimate of drug-likeness (QED) is 0.752. The van der Waals surface area contributed by atoms with Gasteiger partial charge in [0.2, 0.25) is 0 Å². The Hall–Kier alpha value is -1.22. The van der Waals surface area contributed by atoms with Gasteiger partial charge in [-0.3, -0.25) is 0 Å². The van der Waals surface area contributed by atoms with E-state index >= 15 is 0 Å². The number of benzene rings is 1. The molecule has 14 heavy (non-hydrogen) atoms. The summed E-state index contributed by atoms with van der Waals surface area (Å²) in [6.45, 7) is 2.54. The maximum absolute atomic E-state index is 9.75. The number of phenolic OH excluding ortho intramolecular Hbond substituents is 1. The van der Waals surface area contributed by atoms with Gasteiger partial charge in [0.1, 0.15) is 11.5 Å². The van der Waals surface area contributed by atoms with Gasteiger partial charge in [0.05, 0.1) is 6.61 Å². The van der Waals surface area contributed by atoms with Crippen LogP contribution in [0, 0.1) is 0 Å². The monoisotopic (exact) mass is 193 g/mol. The van der Waals surface area contributed by atoms with E-state index in [2.05, 4.69) is 0 Å². The molecule has 1 aromatic rings. The van der Waals surface area contributed by atoms with Gasteiger partial charge in [0.15, 0.2) is 0 Å². The first-order valence-corrected chi connectivity index (χ1v) is 4.96. The predicted molar refractivity (Wildman–Crippen MR) is 54.5 cm³/mol. The van der Waals surface area contributed by atoms with Crippen LogP contribution in [0.3, 0.4) is 0 Å². The molecule has 3 N–H and O–H groups in total. The molecule has 0 bridgehead atoms. The Morgan fingerprint density at radius 2 is 2.36 bits per heavy atom. The SMILES string of the molecule is CCOc1cc(O)c2c(c1)CC[C@H]2N. The highest BCUT2D eigenvalue weighted by Gasteiger charge is 2.23. The number of hydrogen-bond acceptors (Lipinski definition) is 3. The van der Waals surface area contributed by atoms with Crippen LogP contribution in [0.15, 0.2) is 12.1 Å². The molecular formula is C11H15NO2. The molecule has 0 radical (unpaired) electrons. The van der Waals surface area contributed by atoms with Crippen LogP contribution in [0.5, 0.6) is 11.5 Å². The van der Waals surface area contributed by atoms with E-state index in [4.69, 9.17) is 10.5 Å². The smallest absolute Gasteiger partial charge is 0.124 e. The fourth-order valence-corrected chi connectivity index (χ4v) is 2.01. The van der Waals surface area contributed by atoms with Crippen molar-refractivity contribution in [1.29, 1.82) is 0 Å². The molecule has 2 rings (SSSR count). The number of hydrogen-bond donors (Lipinski definition) is 2. The lowest BCUT2D eigenvalue weighted by molar-refractivity contribution is 0.337. The highest BCUT2D eigenvalue weighted by molar-refractivity contribution is 5.49. The van der Waals surface area contributed by atoms with E-state index in [1.165, 1.54) is 0 Å². The summed E-state index contributed by atoms with van der Waals surface area (Å²) in [6.07, 6.45) is 1.85.